The Morgan fingerprint density at radius 1 is 1.14 bits per heavy atom. The zero-order chi connectivity index (χ0) is 16.7. The van der Waals surface area contributed by atoms with Crippen LogP contribution >= 0.6 is 15.9 Å². The first-order valence-corrected chi connectivity index (χ1v) is 8.33. The van der Waals surface area contributed by atoms with Gasteiger partial charge in [-0.15, -0.1) is 0 Å². The lowest BCUT2D eigenvalue weighted by Crippen LogP contribution is -2.48. The smallest absolute Gasteiger partial charge is 0.407 e. The third kappa shape index (κ3) is 8.63. The van der Waals surface area contributed by atoms with E-state index >= 15 is 0 Å². The number of halogens is 1. The lowest BCUT2D eigenvalue weighted by atomic mass is 10.0. The summed E-state index contributed by atoms with van der Waals surface area (Å²) < 4.78 is 16.6. The Hall–Kier alpha value is -0.330. The van der Waals surface area contributed by atoms with E-state index in [0.717, 1.165) is 6.42 Å². The fourth-order valence-corrected chi connectivity index (χ4v) is 1.70. The quantitative estimate of drug-likeness (QED) is 0.667. The second-order valence-corrected chi connectivity index (χ2v) is 7.30. The number of rotatable bonds is 8. The van der Waals surface area contributed by atoms with E-state index in [-0.39, 0.29) is 5.60 Å². The molecular weight excluding hydrogens is 338 g/mol. The molecule has 0 heterocycles. The van der Waals surface area contributed by atoms with Gasteiger partial charge in [-0.05, 0) is 41.0 Å². The Labute approximate surface area is 137 Å². The summed E-state index contributed by atoms with van der Waals surface area (Å²) in [5.74, 6) is 0. The molecule has 0 saturated heterocycles. The van der Waals surface area contributed by atoms with Gasteiger partial charge in [0.25, 0.3) is 0 Å². The highest BCUT2D eigenvalue weighted by Crippen LogP contribution is 2.20. The molecule has 0 aliphatic rings. The van der Waals surface area contributed by atoms with Crippen LogP contribution in [0.5, 0.6) is 0 Å². The average Bonchev–Trinajstić information content (AvgIpc) is 2.41. The van der Waals surface area contributed by atoms with Crippen molar-refractivity contribution >= 4 is 22.0 Å². The lowest BCUT2D eigenvalue weighted by molar-refractivity contribution is -0.112. The van der Waals surface area contributed by atoms with E-state index in [2.05, 4.69) is 28.2 Å². The van der Waals surface area contributed by atoms with Crippen LogP contribution in [-0.2, 0) is 14.2 Å². The molecule has 5 nitrogen and oxygen atoms in total. The molecule has 0 rings (SSSR count). The Bertz CT molecular complexity index is 326. The molecular formula is C15H30BrNO4. The Morgan fingerprint density at radius 3 is 2.10 bits per heavy atom. The first-order valence-electron chi connectivity index (χ1n) is 7.21. The van der Waals surface area contributed by atoms with Crippen LogP contribution in [0.25, 0.3) is 0 Å². The van der Waals surface area contributed by atoms with Gasteiger partial charge in [0.05, 0.1) is 24.4 Å². The van der Waals surface area contributed by atoms with Crippen LogP contribution in [0, 0.1) is 0 Å². The molecule has 126 valence electrons. The van der Waals surface area contributed by atoms with E-state index in [1.54, 1.807) is 7.11 Å². The highest BCUT2D eigenvalue weighted by molar-refractivity contribution is 9.09. The summed E-state index contributed by atoms with van der Waals surface area (Å²) in [7, 11) is 1.68. The molecule has 0 fully saturated rings. The van der Waals surface area contributed by atoms with Crippen molar-refractivity contribution in [3.63, 3.8) is 0 Å². The Balaban J connectivity index is 4.44. The SMILES string of the molecule is CCC(C)(COC(C)(CBr)CNC(=O)OC(C)(C)C)OC. The van der Waals surface area contributed by atoms with Crippen molar-refractivity contribution in [3.05, 3.63) is 0 Å². The van der Waals surface area contributed by atoms with E-state index in [0.29, 0.717) is 18.5 Å². The molecule has 0 aromatic carbocycles. The van der Waals surface area contributed by atoms with E-state index < -0.39 is 17.3 Å². The van der Waals surface area contributed by atoms with Crippen molar-refractivity contribution in [3.8, 4) is 0 Å². The fourth-order valence-electron chi connectivity index (χ4n) is 1.34. The number of amides is 1. The highest BCUT2D eigenvalue weighted by Gasteiger charge is 2.30. The van der Waals surface area contributed by atoms with Gasteiger partial charge in [0.1, 0.15) is 5.60 Å². The topological polar surface area (TPSA) is 56.8 Å². The van der Waals surface area contributed by atoms with Crippen molar-refractivity contribution in [1.29, 1.82) is 0 Å². The molecule has 1 amide bonds. The third-order valence-electron chi connectivity index (χ3n) is 3.25. The van der Waals surface area contributed by atoms with Gasteiger partial charge < -0.3 is 19.5 Å². The molecule has 0 saturated carbocycles. The number of carbonyl (C=O) groups excluding carboxylic acids is 1. The Morgan fingerprint density at radius 2 is 1.71 bits per heavy atom. The summed E-state index contributed by atoms with van der Waals surface area (Å²) >= 11 is 3.44. The summed E-state index contributed by atoms with van der Waals surface area (Å²) in [5, 5.41) is 3.34. The van der Waals surface area contributed by atoms with Crippen LogP contribution < -0.4 is 5.32 Å². The molecule has 0 spiro atoms. The second kappa shape index (κ2) is 8.34. The third-order valence-corrected chi connectivity index (χ3v) is 4.44. The van der Waals surface area contributed by atoms with Gasteiger partial charge in [0.2, 0.25) is 0 Å². The Kier molecular flexibility index (Phi) is 8.21. The summed E-state index contributed by atoms with van der Waals surface area (Å²) in [4.78, 5) is 11.7. The van der Waals surface area contributed by atoms with Crippen LogP contribution in [0.4, 0.5) is 4.79 Å². The van der Waals surface area contributed by atoms with Gasteiger partial charge in [0, 0.05) is 12.4 Å². The van der Waals surface area contributed by atoms with Crippen LogP contribution in [0.3, 0.4) is 0 Å². The van der Waals surface area contributed by atoms with Gasteiger partial charge >= 0.3 is 6.09 Å². The standard InChI is InChI=1S/C15H30BrNO4/c1-8-14(5,19-7)11-20-15(6,9-16)10-17-12(18)21-13(2,3)4/h8-11H2,1-7H3,(H,17,18). The number of carbonyl (C=O) groups is 1. The molecule has 0 aliphatic carbocycles. The van der Waals surface area contributed by atoms with Crippen molar-refractivity contribution < 1.29 is 19.0 Å². The molecule has 0 aromatic heterocycles. The van der Waals surface area contributed by atoms with Crippen molar-refractivity contribution in [1.82, 2.24) is 5.32 Å². The largest absolute Gasteiger partial charge is 0.444 e. The molecule has 0 bridgehead atoms. The zero-order valence-corrected chi connectivity index (χ0v) is 15.9. The molecule has 0 aromatic rings. The first-order chi connectivity index (χ1) is 9.49. The van der Waals surface area contributed by atoms with Gasteiger partial charge in [-0.2, -0.15) is 0 Å². The van der Waals surface area contributed by atoms with E-state index in [4.69, 9.17) is 14.2 Å². The number of methoxy groups -OCH3 is 1. The van der Waals surface area contributed by atoms with Crippen molar-refractivity contribution in [2.75, 3.05) is 25.6 Å². The molecule has 21 heavy (non-hydrogen) atoms. The second-order valence-electron chi connectivity index (χ2n) is 6.74. The van der Waals surface area contributed by atoms with E-state index in [9.17, 15) is 4.79 Å². The summed E-state index contributed by atoms with van der Waals surface area (Å²) in [6.45, 7) is 12.3. The van der Waals surface area contributed by atoms with E-state index in [1.807, 2.05) is 34.6 Å². The number of hydrogen-bond donors (Lipinski definition) is 1. The maximum atomic E-state index is 11.7. The monoisotopic (exact) mass is 367 g/mol. The summed E-state index contributed by atoms with van der Waals surface area (Å²) in [6.07, 6.45) is 0.407. The van der Waals surface area contributed by atoms with Crippen LogP contribution in [-0.4, -0.2) is 48.5 Å². The maximum Gasteiger partial charge on any atom is 0.407 e. The molecule has 2 unspecified atom stereocenters. The number of alkyl halides is 1. The molecule has 2 atom stereocenters. The van der Waals surface area contributed by atoms with Crippen LogP contribution in [0.2, 0.25) is 0 Å². The van der Waals surface area contributed by atoms with Gasteiger partial charge in [-0.1, -0.05) is 22.9 Å². The lowest BCUT2D eigenvalue weighted by Gasteiger charge is -2.34. The molecule has 0 radical (unpaired) electrons. The predicted molar refractivity (Wildman–Crippen MR) is 88.1 cm³/mol. The minimum atomic E-state index is -0.522. The van der Waals surface area contributed by atoms with Gasteiger partial charge in [0.15, 0.2) is 0 Å². The average molecular weight is 368 g/mol. The van der Waals surface area contributed by atoms with Crippen LogP contribution in [0.1, 0.15) is 48.0 Å². The number of hydrogen-bond acceptors (Lipinski definition) is 4. The minimum absolute atomic E-state index is 0.324. The van der Waals surface area contributed by atoms with Gasteiger partial charge in [-0.25, -0.2) is 4.79 Å². The molecule has 1 N–H and O–H groups in total. The number of ether oxygens (including phenoxy) is 3. The van der Waals surface area contributed by atoms with Crippen molar-refractivity contribution in [2.45, 2.75) is 64.8 Å². The molecule has 0 aliphatic heterocycles. The molecule has 6 heteroatoms. The number of nitrogens with one attached hydrogen (secondary N) is 1. The first kappa shape index (κ1) is 20.7. The highest BCUT2D eigenvalue weighted by atomic mass is 79.9. The minimum Gasteiger partial charge on any atom is -0.444 e. The summed E-state index contributed by atoms with van der Waals surface area (Å²) in [5.41, 5.74) is -1.35. The predicted octanol–water partition coefficient (Wildman–Crippen LogP) is 3.50. The maximum absolute atomic E-state index is 11.7. The fraction of sp³-hybridized carbons (Fsp3) is 0.933. The zero-order valence-electron chi connectivity index (χ0n) is 14.3. The van der Waals surface area contributed by atoms with E-state index in [1.165, 1.54) is 0 Å². The normalized spacial score (nSPS) is 17.7. The van der Waals surface area contributed by atoms with Crippen LogP contribution in [0.15, 0.2) is 0 Å². The van der Waals surface area contributed by atoms with Gasteiger partial charge in [-0.3, -0.25) is 0 Å². The van der Waals surface area contributed by atoms with Crippen molar-refractivity contribution in [2.24, 2.45) is 0 Å². The summed E-state index contributed by atoms with van der Waals surface area (Å²) in [6, 6.07) is 0. The number of alkyl carbamates (subject to hydrolysis) is 1.